The Labute approximate surface area is 157 Å². The molecule has 0 saturated heterocycles. The molecule has 3 N–H and O–H groups in total. The number of unbranched alkanes of at least 4 members (excludes halogenated alkanes) is 5. The summed E-state index contributed by atoms with van der Waals surface area (Å²) in [5, 5.41) is 29.3. The van der Waals surface area contributed by atoms with Gasteiger partial charge in [0.05, 0.1) is 11.7 Å². The van der Waals surface area contributed by atoms with Gasteiger partial charge in [-0.1, -0.05) is 57.6 Å². The predicted octanol–water partition coefficient (Wildman–Crippen LogP) is 3.87. The summed E-state index contributed by atoms with van der Waals surface area (Å²) in [6.45, 7) is 3.90. The van der Waals surface area contributed by atoms with Gasteiger partial charge in [-0.25, -0.2) is 0 Å². The van der Waals surface area contributed by atoms with Crippen LogP contribution >= 0.6 is 0 Å². The topological polar surface area (TPSA) is 94.8 Å². The van der Waals surface area contributed by atoms with Crippen LogP contribution in [0.25, 0.3) is 0 Å². The van der Waals surface area contributed by atoms with E-state index < -0.39 is 17.7 Å². The van der Waals surface area contributed by atoms with Gasteiger partial charge in [-0.3, -0.25) is 9.59 Å². The third-order valence-corrected chi connectivity index (χ3v) is 5.35. The number of hydrogen-bond acceptors (Lipinski definition) is 4. The Morgan fingerprint density at radius 2 is 1.88 bits per heavy atom. The Kier molecular flexibility index (Phi) is 10.1. The summed E-state index contributed by atoms with van der Waals surface area (Å²) >= 11 is 0. The molecule has 0 aromatic heterocycles. The van der Waals surface area contributed by atoms with Crippen molar-refractivity contribution in [3.8, 4) is 0 Å². The highest BCUT2D eigenvalue weighted by Gasteiger charge is 2.39. The first-order chi connectivity index (χ1) is 12.3. The average Bonchev–Trinajstić information content (AvgIpc) is 2.82. The molecule has 1 aliphatic carbocycles. The quantitative estimate of drug-likeness (QED) is 0.339. The standard InChI is InChI=1S/C21H36O5/c1-3-4-9-13-21(2,26)14-12-17-16(18(22)15-19(17)23)10-7-5-6-8-11-20(24)25/h12,14,16-17,19,23,26H,3-11,13,15H2,1-2H3,(H,24,25)/t16-,17-,19-,21+/m1/s1. The molecule has 0 spiro atoms. The van der Waals surface area contributed by atoms with Crippen LogP contribution in [-0.2, 0) is 9.59 Å². The van der Waals surface area contributed by atoms with Gasteiger partial charge < -0.3 is 15.3 Å². The van der Waals surface area contributed by atoms with Crippen molar-refractivity contribution in [1.29, 1.82) is 0 Å². The first kappa shape index (κ1) is 22.8. The van der Waals surface area contributed by atoms with Crippen LogP contribution in [0.1, 0.15) is 84.5 Å². The van der Waals surface area contributed by atoms with Crippen molar-refractivity contribution < 1.29 is 24.9 Å². The lowest BCUT2D eigenvalue weighted by molar-refractivity contribution is -0.137. The van der Waals surface area contributed by atoms with Gasteiger partial charge in [0, 0.05) is 24.7 Å². The molecule has 26 heavy (non-hydrogen) atoms. The zero-order valence-electron chi connectivity index (χ0n) is 16.3. The number of hydrogen-bond donors (Lipinski definition) is 3. The summed E-state index contributed by atoms with van der Waals surface area (Å²) in [5.74, 6) is -1.08. The Morgan fingerprint density at radius 3 is 2.54 bits per heavy atom. The van der Waals surface area contributed by atoms with E-state index in [2.05, 4.69) is 6.92 Å². The third-order valence-electron chi connectivity index (χ3n) is 5.35. The van der Waals surface area contributed by atoms with Crippen molar-refractivity contribution in [2.45, 2.75) is 96.2 Å². The van der Waals surface area contributed by atoms with Crippen molar-refractivity contribution >= 4 is 11.8 Å². The van der Waals surface area contributed by atoms with Gasteiger partial charge in [0.15, 0.2) is 0 Å². The second-order valence-corrected chi connectivity index (χ2v) is 7.94. The highest BCUT2D eigenvalue weighted by Crippen LogP contribution is 2.35. The molecule has 1 saturated carbocycles. The first-order valence-electron chi connectivity index (χ1n) is 10.1. The number of Topliss-reactive ketones (excluding diaryl/α,β-unsaturated/α-hetero) is 1. The minimum Gasteiger partial charge on any atom is -0.481 e. The Balaban J connectivity index is 2.49. The van der Waals surface area contributed by atoms with Crippen LogP contribution in [0.4, 0.5) is 0 Å². The van der Waals surface area contributed by atoms with Crippen LogP contribution < -0.4 is 0 Å². The van der Waals surface area contributed by atoms with Gasteiger partial charge in [0.1, 0.15) is 5.78 Å². The fourth-order valence-electron chi connectivity index (χ4n) is 3.72. The molecule has 0 aromatic carbocycles. The molecule has 5 heteroatoms. The van der Waals surface area contributed by atoms with E-state index in [0.717, 1.165) is 44.9 Å². The van der Waals surface area contributed by atoms with Crippen molar-refractivity contribution in [2.75, 3.05) is 0 Å². The van der Waals surface area contributed by atoms with Crippen molar-refractivity contribution in [2.24, 2.45) is 11.8 Å². The molecule has 0 aromatic rings. The maximum atomic E-state index is 12.2. The number of aliphatic hydroxyl groups excluding tert-OH is 1. The fourth-order valence-corrected chi connectivity index (χ4v) is 3.72. The highest BCUT2D eigenvalue weighted by molar-refractivity contribution is 5.84. The second-order valence-electron chi connectivity index (χ2n) is 7.94. The third kappa shape index (κ3) is 8.45. The van der Waals surface area contributed by atoms with E-state index in [1.54, 1.807) is 13.0 Å². The SMILES string of the molecule is CCCCC[C@](C)(O)C=C[C@H]1[C@H](O)CC(=O)[C@@H]1CCCCCCC(=O)O. The highest BCUT2D eigenvalue weighted by atomic mass is 16.4. The van der Waals surface area contributed by atoms with Crippen molar-refractivity contribution in [3.63, 3.8) is 0 Å². The number of ketones is 1. The Morgan fingerprint density at radius 1 is 1.19 bits per heavy atom. The summed E-state index contributed by atoms with van der Waals surface area (Å²) in [6, 6.07) is 0. The summed E-state index contributed by atoms with van der Waals surface area (Å²) in [5.41, 5.74) is -0.901. The monoisotopic (exact) mass is 368 g/mol. The molecule has 0 amide bonds. The molecule has 0 bridgehead atoms. The zero-order chi connectivity index (χ0) is 19.6. The van der Waals surface area contributed by atoms with Crippen LogP contribution in [0.2, 0.25) is 0 Å². The van der Waals surface area contributed by atoms with E-state index in [0.29, 0.717) is 12.8 Å². The molecule has 1 rings (SSSR count). The molecule has 5 nitrogen and oxygen atoms in total. The van der Waals surface area contributed by atoms with Crippen LogP contribution in [0.5, 0.6) is 0 Å². The van der Waals surface area contributed by atoms with E-state index in [9.17, 15) is 19.8 Å². The number of aliphatic carboxylic acids is 1. The average molecular weight is 369 g/mol. The molecule has 0 heterocycles. The van der Waals surface area contributed by atoms with Gasteiger partial charge in [-0.2, -0.15) is 0 Å². The molecule has 4 atom stereocenters. The minimum atomic E-state index is -0.901. The Bertz CT molecular complexity index is 469. The maximum absolute atomic E-state index is 12.2. The van der Waals surface area contributed by atoms with Crippen LogP contribution in [0.15, 0.2) is 12.2 Å². The number of carboxylic acids is 1. The number of carbonyl (C=O) groups excluding carboxylic acids is 1. The first-order valence-corrected chi connectivity index (χ1v) is 10.1. The van der Waals surface area contributed by atoms with Gasteiger partial charge in [-0.05, 0) is 26.2 Å². The summed E-state index contributed by atoms with van der Waals surface area (Å²) in [6.07, 6.45) is 11.1. The predicted molar refractivity (Wildman–Crippen MR) is 102 cm³/mol. The molecular weight excluding hydrogens is 332 g/mol. The van der Waals surface area contributed by atoms with Gasteiger partial charge >= 0.3 is 5.97 Å². The van der Waals surface area contributed by atoms with Gasteiger partial charge in [0.25, 0.3) is 0 Å². The van der Waals surface area contributed by atoms with Gasteiger partial charge in [0.2, 0.25) is 0 Å². The number of carbonyl (C=O) groups is 2. The summed E-state index contributed by atoms with van der Waals surface area (Å²) in [7, 11) is 0. The summed E-state index contributed by atoms with van der Waals surface area (Å²) in [4.78, 5) is 22.7. The minimum absolute atomic E-state index is 0.100. The van der Waals surface area contributed by atoms with Crippen molar-refractivity contribution in [1.82, 2.24) is 0 Å². The van der Waals surface area contributed by atoms with Crippen LogP contribution in [0, 0.1) is 11.8 Å². The van der Waals surface area contributed by atoms with Crippen molar-refractivity contribution in [3.05, 3.63) is 12.2 Å². The lowest BCUT2D eigenvalue weighted by Gasteiger charge is -2.22. The van der Waals surface area contributed by atoms with Crippen LogP contribution in [0.3, 0.4) is 0 Å². The van der Waals surface area contributed by atoms with E-state index in [-0.39, 0.29) is 30.5 Å². The molecule has 1 aliphatic rings. The number of rotatable bonds is 13. The van der Waals surface area contributed by atoms with Gasteiger partial charge in [-0.15, -0.1) is 0 Å². The largest absolute Gasteiger partial charge is 0.481 e. The summed E-state index contributed by atoms with van der Waals surface area (Å²) < 4.78 is 0. The number of carboxylic acid groups (broad SMARTS) is 1. The fraction of sp³-hybridized carbons (Fsp3) is 0.810. The van der Waals surface area contributed by atoms with E-state index in [1.165, 1.54) is 0 Å². The second kappa shape index (κ2) is 11.5. The Hall–Kier alpha value is -1.20. The molecule has 0 radical (unpaired) electrons. The normalized spacial score (nSPS) is 25.7. The van der Waals surface area contributed by atoms with E-state index >= 15 is 0 Å². The smallest absolute Gasteiger partial charge is 0.303 e. The van der Waals surface area contributed by atoms with E-state index in [4.69, 9.17) is 5.11 Å². The lowest BCUT2D eigenvalue weighted by Crippen LogP contribution is -2.23. The zero-order valence-corrected chi connectivity index (χ0v) is 16.3. The molecule has 0 unspecified atom stereocenters. The van der Waals surface area contributed by atoms with E-state index in [1.807, 2.05) is 6.08 Å². The lowest BCUT2D eigenvalue weighted by atomic mass is 9.87. The maximum Gasteiger partial charge on any atom is 0.303 e. The number of aliphatic hydroxyl groups is 2. The van der Waals surface area contributed by atoms with Crippen LogP contribution in [-0.4, -0.2) is 38.8 Å². The molecule has 150 valence electrons. The molecule has 0 aliphatic heterocycles. The molecule has 1 fully saturated rings. The molecular formula is C21H36O5.